The first-order valence-electron chi connectivity index (χ1n) is 6.44. The molecule has 0 aliphatic rings. The second-order valence-corrected chi connectivity index (χ2v) is 5.68. The molecule has 0 spiro atoms. The summed E-state index contributed by atoms with van der Waals surface area (Å²) in [7, 11) is 3.73. The standard InChI is InChI=1S/C16H19BrN2O/c1-19(10-12-5-3-4-6-15(12)17)11-13-7-8-14(20-2)9-16(13)18/h3-9H,10-11,18H2,1-2H3. The Morgan fingerprint density at radius 1 is 1.10 bits per heavy atom. The van der Waals surface area contributed by atoms with E-state index in [1.807, 2.05) is 24.3 Å². The van der Waals surface area contributed by atoms with E-state index in [1.54, 1.807) is 7.11 Å². The molecule has 106 valence electrons. The summed E-state index contributed by atoms with van der Waals surface area (Å²) in [4.78, 5) is 2.23. The number of hydrogen-bond donors (Lipinski definition) is 1. The van der Waals surface area contributed by atoms with Crippen molar-refractivity contribution in [3.8, 4) is 5.75 Å². The van der Waals surface area contributed by atoms with E-state index >= 15 is 0 Å². The number of nitrogens with zero attached hydrogens (tertiary/aromatic N) is 1. The number of rotatable bonds is 5. The second-order valence-electron chi connectivity index (χ2n) is 4.83. The molecule has 2 N–H and O–H groups in total. The van der Waals surface area contributed by atoms with Crippen LogP contribution in [0.15, 0.2) is 46.9 Å². The first-order valence-corrected chi connectivity index (χ1v) is 7.24. The molecule has 0 unspecified atom stereocenters. The number of nitrogens with two attached hydrogens (primary N) is 1. The quantitative estimate of drug-likeness (QED) is 0.848. The molecule has 0 aromatic heterocycles. The van der Waals surface area contributed by atoms with Crippen LogP contribution in [0.2, 0.25) is 0 Å². The average molecular weight is 335 g/mol. The average Bonchev–Trinajstić information content (AvgIpc) is 2.43. The van der Waals surface area contributed by atoms with Crippen molar-refractivity contribution in [3.05, 3.63) is 58.1 Å². The van der Waals surface area contributed by atoms with E-state index in [-0.39, 0.29) is 0 Å². The highest BCUT2D eigenvalue weighted by Gasteiger charge is 2.07. The van der Waals surface area contributed by atoms with Crippen LogP contribution in [0.4, 0.5) is 5.69 Å². The van der Waals surface area contributed by atoms with Crippen molar-refractivity contribution in [2.24, 2.45) is 0 Å². The van der Waals surface area contributed by atoms with Crippen LogP contribution in [-0.2, 0) is 13.1 Å². The molecule has 0 saturated heterocycles. The fraction of sp³-hybridized carbons (Fsp3) is 0.250. The summed E-state index contributed by atoms with van der Waals surface area (Å²) in [6.45, 7) is 1.67. The molecule has 0 saturated carbocycles. The molecule has 0 aliphatic heterocycles. The number of anilines is 1. The van der Waals surface area contributed by atoms with Gasteiger partial charge in [0.25, 0.3) is 0 Å². The predicted molar refractivity (Wildman–Crippen MR) is 86.7 cm³/mol. The van der Waals surface area contributed by atoms with Gasteiger partial charge in [0.1, 0.15) is 5.75 Å². The number of halogens is 1. The SMILES string of the molecule is COc1ccc(CN(C)Cc2ccccc2Br)c(N)c1. The molecule has 2 rings (SSSR count). The molecule has 3 nitrogen and oxygen atoms in total. The van der Waals surface area contributed by atoms with E-state index in [4.69, 9.17) is 10.5 Å². The normalized spacial score (nSPS) is 10.8. The fourth-order valence-corrected chi connectivity index (χ4v) is 2.52. The number of benzene rings is 2. The molecule has 0 fully saturated rings. The van der Waals surface area contributed by atoms with Crippen LogP contribution in [0.3, 0.4) is 0 Å². The van der Waals surface area contributed by atoms with Gasteiger partial charge in [0, 0.05) is 29.3 Å². The van der Waals surface area contributed by atoms with Gasteiger partial charge in [-0.05, 0) is 30.3 Å². The molecule has 2 aromatic carbocycles. The summed E-state index contributed by atoms with van der Waals surface area (Å²) in [5.74, 6) is 0.791. The monoisotopic (exact) mass is 334 g/mol. The summed E-state index contributed by atoms with van der Waals surface area (Å²) in [6, 6.07) is 14.1. The van der Waals surface area contributed by atoms with Crippen LogP contribution in [0.5, 0.6) is 5.75 Å². The molecule has 20 heavy (non-hydrogen) atoms. The van der Waals surface area contributed by atoms with Crippen molar-refractivity contribution in [1.82, 2.24) is 4.90 Å². The molecule has 0 radical (unpaired) electrons. The van der Waals surface area contributed by atoms with E-state index in [2.05, 4.69) is 46.1 Å². The molecule has 4 heteroatoms. The summed E-state index contributed by atoms with van der Waals surface area (Å²) < 4.78 is 6.30. The van der Waals surface area contributed by atoms with Gasteiger partial charge < -0.3 is 10.5 Å². The van der Waals surface area contributed by atoms with Gasteiger partial charge in [-0.15, -0.1) is 0 Å². The molecule has 0 heterocycles. The van der Waals surface area contributed by atoms with Crippen molar-refractivity contribution in [1.29, 1.82) is 0 Å². The molecule has 0 bridgehead atoms. The number of ether oxygens (including phenoxy) is 1. The van der Waals surface area contributed by atoms with Crippen LogP contribution in [0.1, 0.15) is 11.1 Å². The van der Waals surface area contributed by atoms with Crippen LogP contribution in [-0.4, -0.2) is 19.1 Å². The lowest BCUT2D eigenvalue weighted by Gasteiger charge is -2.19. The van der Waals surface area contributed by atoms with Crippen LogP contribution >= 0.6 is 15.9 Å². The van der Waals surface area contributed by atoms with Crippen molar-refractivity contribution in [2.75, 3.05) is 19.9 Å². The zero-order valence-corrected chi connectivity index (χ0v) is 13.4. The fourth-order valence-electron chi connectivity index (χ4n) is 2.11. The van der Waals surface area contributed by atoms with Crippen molar-refractivity contribution in [2.45, 2.75) is 13.1 Å². The molecule has 0 atom stereocenters. The van der Waals surface area contributed by atoms with E-state index in [1.165, 1.54) is 5.56 Å². The summed E-state index contributed by atoms with van der Waals surface area (Å²) in [6.07, 6.45) is 0. The smallest absolute Gasteiger partial charge is 0.120 e. The van der Waals surface area contributed by atoms with Gasteiger partial charge in [0.05, 0.1) is 7.11 Å². The van der Waals surface area contributed by atoms with Gasteiger partial charge >= 0.3 is 0 Å². The lowest BCUT2D eigenvalue weighted by molar-refractivity contribution is 0.319. The minimum atomic E-state index is 0.767. The Hall–Kier alpha value is -1.52. The predicted octanol–water partition coefficient (Wildman–Crippen LogP) is 3.67. The first kappa shape index (κ1) is 14.9. The second kappa shape index (κ2) is 6.77. The maximum atomic E-state index is 6.05. The third kappa shape index (κ3) is 3.74. The topological polar surface area (TPSA) is 38.5 Å². The van der Waals surface area contributed by atoms with Gasteiger partial charge in [-0.2, -0.15) is 0 Å². The van der Waals surface area contributed by atoms with Crippen molar-refractivity contribution < 1.29 is 4.74 Å². The highest BCUT2D eigenvalue weighted by Crippen LogP contribution is 2.22. The van der Waals surface area contributed by atoms with Crippen molar-refractivity contribution in [3.63, 3.8) is 0 Å². The van der Waals surface area contributed by atoms with Crippen LogP contribution in [0.25, 0.3) is 0 Å². The largest absolute Gasteiger partial charge is 0.497 e. The Labute approximate surface area is 128 Å². The lowest BCUT2D eigenvalue weighted by atomic mass is 10.1. The third-order valence-electron chi connectivity index (χ3n) is 3.19. The van der Waals surface area contributed by atoms with Gasteiger partial charge in [0.2, 0.25) is 0 Å². The first-order chi connectivity index (χ1) is 9.60. The Morgan fingerprint density at radius 2 is 1.80 bits per heavy atom. The number of methoxy groups -OCH3 is 1. The van der Waals surface area contributed by atoms with Gasteiger partial charge in [0.15, 0.2) is 0 Å². The zero-order chi connectivity index (χ0) is 14.5. The van der Waals surface area contributed by atoms with E-state index in [0.29, 0.717) is 0 Å². The zero-order valence-electron chi connectivity index (χ0n) is 11.8. The van der Waals surface area contributed by atoms with Crippen molar-refractivity contribution >= 4 is 21.6 Å². The maximum absolute atomic E-state index is 6.05. The van der Waals surface area contributed by atoms with Crippen LogP contribution < -0.4 is 10.5 Å². The third-order valence-corrected chi connectivity index (χ3v) is 3.97. The maximum Gasteiger partial charge on any atom is 0.120 e. The van der Waals surface area contributed by atoms with E-state index in [0.717, 1.165) is 34.6 Å². The van der Waals surface area contributed by atoms with E-state index < -0.39 is 0 Å². The lowest BCUT2D eigenvalue weighted by Crippen LogP contribution is -2.18. The summed E-state index contributed by atoms with van der Waals surface area (Å²) in [5.41, 5.74) is 9.20. The Morgan fingerprint density at radius 3 is 2.45 bits per heavy atom. The number of nitrogen functional groups attached to an aromatic ring is 1. The minimum absolute atomic E-state index is 0.767. The van der Waals surface area contributed by atoms with Gasteiger partial charge in [-0.25, -0.2) is 0 Å². The molecule has 0 amide bonds. The Bertz CT molecular complexity index is 586. The highest BCUT2D eigenvalue weighted by atomic mass is 79.9. The Kier molecular flexibility index (Phi) is 5.04. The molecular weight excluding hydrogens is 316 g/mol. The van der Waals surface area contributed by atoms with E-state index in [9.17, 15) is 0 Å². The Balaban J connectivity index is 2.05. The van der Waals surface area contributed by atoms with Gasteiger partial charge in [-0.1, -0.05) is 40.2 Å². The van der Waals surface area contributed by atoms with Crippen LogP contribution in [0, 0.1) is 0 Å². The minimum Gasteiger partial charge on any atom is -0.497 e. The molecule has 0 aliphatic carbocycles. The molecule has 2 aromatic rings. The number of hydrogen-bond acceptors (Lipinski definition) is 3. The molecular formula is C16H19BrN2O. The highest BCUT2D eigenvalue weighted by molar-refractivity contribution is 9.10. The van der Waals surface area contributed by atoms with Gasteiger partial charge in [-0.3, -0.25) is 4.90 Å². The summed E-state index contributed by atoms with van der Waals surface area (Å²) in [5, 5.41) is 0. The summed E-state index contributed by atoms with van der Waals surface area (Å²) >= 11 is 3.58.